The Kier molecular flexibility index (Phi) is 6.34. The predicted octanol–water partition coefficient (Wildman–Crippen LogP) is 5.33. The first kappa shape index (κ1) is 16.6. The summed E-state index contributed by atoms with van der Waals surface area (Å²) in [4.78, 5) is 0. The van der Waals surface area contributed by atoms with Crippen molar-refractivity contribution in [3.63, 3.8) is 0 Å². The Morgan fingerprint density at radius 3 is 1.35 bits per heavy atom. The maximum absolute atomic E-state index is 12.0. The molecule has 104 valence electrons. The summed E-state index contributed by atoms with van der Waals surface area (Å²) in [5.41, 5.74) is 0. The van der Waals surface area contributed by atoms with Crippen molar-refractivity contribution in [1.82, 2.24) is 0 Å². The molecule has 0 aliphatic carbocycles. The first-order valence-electron chi connectivity index (χ1n) is 5.63. The van der Waals surface area contributed by atoms with Crippen LogP contribution in [0.1, 0.15) is 46.0 Å². The van der Waals surface area contributed by atoms with Crippen molar-refractivity contribution in [2.45, 2.75) is 58.3 Å². The van der Waals surface area contributed by atoms with E-state index in [1.807, 2.05) is 0 Å². The molecule has 6 heteroatoms. The highest BCUT2D eigenvalue weighted by Crippen LogP contribution is 2.32. The molecule has 0 saturated carbocycles. The van der Waals surface area contributed by atoms with E-state index in [0.717, 1.165) is 0 Å². The second-order valence-corrected chi connectivity index (χ2v) is 4.80. The van der Waals surface area contributed by atoms with E-state index in [1.165, 1.54) is 0 Å². The zero-order valence-corrected chi connectivity index (χ0v) is 9.96. The third-order valence-electron chi connectivity index (χ3n) is 2.48. The maximum Gasteiger partial charge on any atom is 0.389 e. The van der Waals surface area contributed by atoms with Crippen LogP contribution in [0, 0.1) is 11.8 Å². The maximum atomic E-state index is 12.0. The lowest BCUT2D eigenvalue weighted by molar-refractivity contribution is -0.144. The molecule has 0 nitrogen and oxygen atoms in total. The van der Waals surface area contributed by atoms with Gasteiger partial charge in [-0.2, -0.15) is 26.3 Å². The van der Waals surface area contributed by atoms with Gasteiger partial charge in [0.15, 0.2) is 0 Å². The molecule has 0 heterocycles. The molecule has 0 amide bonds. The van der Waals surface area contributed by atoms with Gasteiger partial charge in [-0.3, -0.25) is 0 Å². The van der Waals surface area contributed by atoms with Crippen molar-refractivity contribution in [1.29, 1.82) is 0 Å². The topological polar surface area (TPSA) is 0 Å². The van der Waals surface area contributed by atoms with Gasteiger partial charge in [0.1, 0.15) is 0 Å². The summed E-state index contributed by atoms with van der Waals surface area (Å²) in [6.07, 6.45) is -10.6. The van der Waals surface area contributed by atoms with Gasteiger partial charge in [0, 0.05) is 12.8 Å². The average molecular weight is 264 g/mol. The van der Waals surface area contributed by atoms with Gasteiger partial charge in [0.2, 0.25) is 0 Å². The Morgan fingerprint density at radius 2 is 1.12 bits per heavy atom. The van der Waals surface area contributed by atoms with Crippen LogP contribution in [0.5, 0.6) is 0 Å². The lowest BCUT2D eigenvalue weighted by atomic mass is 9.89. The third kappa shape index (κ3) is 11.8. The highest BCUT2D eigenvalue weighted by Gasteiger charge is 2.31. The van der Waals surface area contributed by atoms with E-state index in [9.17, 15) is 26.3 Å². The fourth-order valence-electron chi connectivity index (χ4n) is 1.78. The molecule has 0 aliphatic rings. The van der Waals surface area contributed by atoms with E-state index in [4.69, 9.17) is 0 Å². The first-order chi connectivity index (χ1) is 7.49. The van der Waals surface area contributed by atoms with Gasteiger partial charge < -0.3 is 0 Å². The largest absolute Gasteiger partial charge is 0.389 e. The number of hydrogen-bond donors (Lipinski definition) is 0. The number of rotatable bonds is 6. The molecular weight excluding hydrogens is 246 g/mol. The molecule has 0 rings (SSSR count). The van der Waals surface area contributed by atoms with Crippen molar-refractivity contribution >= 4 is 0 Å². The molecule has 0 fully saturated rings. The normalized spacial score (nSPS) is 13.8. The molecule has 0 aliphatic heterocycles. The Hall–Kier alpha value is -0.420. The monoisotopic (exact) mass is 264 g/mol. The van der Waals surface area contributed by atoms with Crippen molar-refractivity contribution in [2.75, 3.05) is 0 Å². The van der Waals surface area contributed by atoms with Crippen LogP contribution in [0.3, 0.4) is 0 Å². The van der Waals surface area contributed by atoms with Gasteiger partial charge in [-0.05, 0) is 31.1 Å². The van der Waals surface area contributed by atoms with Gasteiger partial charge in [-0.15, -0.1) is 0 Å². The molecule has 0 radical (unpaired) electrons. The van der Waals surface area contributed by atoms with Crippen LogP contribution >= 0.6 is 0 Å². The standard InChI is InChI=1S/C11H18F6/c1-8(2)7-9(3-5-10(12,13)14)4-6-11(15,16)17/h8-9H,3-7H2,1-2H3. The van der Waals surface area contributed by atoms with E-state index in [2.05, 4.69) is 0 Å². The van der Waals surface area contributed by atoms with Crippen molar-refractivity contribution in [3.8, 4) is 0 Å². The zero-order valence-electron chi connectivity index (χ0n) is 9.96. The minimum absolute atomic E-state index is 0.112. The Bertz CT molecular complexity index is 185. The molecular formula is C11H18F6. The summed E-state index contributed by atoms with van der Waals surface area (Å²) in [6, 6.07) is 0. The quantitative estimate of drug-likeness (QED) is 0.568. The Labute approximate surface area is 97.4 Å². The average Bonchev–Trinajstić information content (AvgIpc) is 2.06. The van der Waals surface area contributed by atoms with E-state index in [-0.39, 0.29) is 18.8 Å². The molecule has 0 bridgehead atoms. The van der Waals surface area contributed by atoms with Crippen LogP contribution in [0.4, 0.5) is 26.3 Å². The molecule has 0 atom stereocenters. The molecule has 0 spiro atoms. The fraction of sp³-hybridized carbons (Fsp3) is 1.00. The molecule has 0 aromatic carbocycles. The van der Waals surface area contributed by atoms with E-state index >= 15 is 0 Å². The van der Waals surface area contributed by atoms with Crippen LogP contribution in [-0.4, -0.2) is 12.4 Å². The first-order valence-corrected chi connectivity index (χ1v) is 5.63. The minimum atomic E-state index is -4.28. The summed E-state index contributed by atoms with van der Waals surface area (Å²) >= 11 is 0. The van der Waals surface area contributed by atoms with Crippen LogP contribution < -0.4 is 0 Å². The fourth-order valence-corrected chi connectivity index (χ4v) is 1.78. The summed E-state index contributed by atoms with van der Waals surface area (Å²) in [6.45, 7) is 3.60. The number of hydrogen-bond acceptors (Lipinski definition) is 0. The van der Waals surface area contributed by atoms with Gasteiger partial charge >= 0.3 is 12.4 Å². The van der Waals surface area contributed by atoms with Gasteiger partial charge in [-0.25, -0.2) is 0 Å². The van der Waals surface area contributed by atoms with Crippen molar-refractivity contribution < 1.29 is 26.3 Å². The summed E-state index contributed by atoms with van der Waals surface area (Å²) < 4.78 is 72.0. The second kappa shape index (κ2) is 6.50. The molecule has 0 aromatic heterocycles. The summed E-state index contributed by atoms with van der Waals surface area (Å²) in [7, 11) is 0. The van der Waals surface area contributed by atoms with Gasteiger partial charge in [-0.1, -0.05) is 13.8 Å². The summed E-state index contributed by atoms with van der Waals surface area (Å²) in [5, 5.41) is 0. The number of halogens is 6. The molecule has 0 unspecified atom stereocenters. The molecule has 0 saturated heterocycles. The molecule has 0 N–H and O–H groups in total. The second-order valence-electron chi connectivity index (χ2n) is 4.80. The lowest BCUT2D eigenvalue weighted by Crippen LogP contribution is -2.16. The van der Waals surface area contributed by atoms with Crippen LogP contribution in [0.15, 0.2) is 0 Å². The van der Waals surface area contributed by atoms with Crippen LogP contribution in [0.2, 0.25) is 0 Å². The van der Waals surface area contributed by atoms with Crippen molar-refractivity contribution in [3.05, 3.63) is 0 Å². The van der Waals surface area contributed by atoms with Crippen molar-refractivity contribution in [2.24, 2.45) is 11.8 Å². The Morgan fingerprint density at radius 1 is 0.765 bits per heavy atom. The highest BCUT2D eigenvalue weighted by molar-refractivity contribution is 4.66. The van der Waals surface area contributed by atoms with Gasteiger partial charge in [0.05, 0.1) is 0 Å². The van der Waals surface area contributed by atoms with Crippen LogP contribution in [0.25, 0.3) is 0 Å². The SMILES string of the molecule is CC(C)CC(CCC(F)(F)F)CCC(F)(F)F. The highest BCUT2D eigenvalue weighted by atomic mass is 19.4. The van der Waals surface area contributed by atoms with E-state index in [0.29, 0.717) is 6.42 Å². The van der Waals surface area contributed by atoms with E-state index < -0.39 is 31.1 Å². The third-order valence-corrected chi connectivity index (χ3v) is 2.48. The smallest absolute Gasteiger partial charge is 0.171 e. The Balaban J connectivity index is 4.15. The summed E-state index contributed by atoms with van der Waals surface area (Å²) in [5.74, 6) is -0.389. The van der Waals surface area contributed by atoms with E-state index in [1.54, 1.807) is 13.8 Å². The minimum Gasteiger partial charge on any atom is -0.171 e. The predicted molar refractivity (Wildman–Crippen MR) is 53.5 cm³/mol. The molecule has 0 aromatic rings. The molecule has 17 heavy (non-hydrogen) atoms. The lowest BCUT2D eigenvalue weighted by Gasteiger charge is -2.20. The van der Waals surface area contributed by atoms with Crippen LogP contribution in [-0.2, 0) is 0 Å². The number of alkyl halides is 6. The zero-order chi connectivity index (χ0) is 13.7. The van der Waals surface area contributed by atoms with Gasteiger partial charge in [0.25, 0.3) is 0 Å².